The number of hydrogen-bond donors (Lipinski definition) is 1. The fourth-order valence-corrected chi connectivity index (χ4v) is 3.27. The van der Waals surface area contributed by atoms with Crippen molar-refractivity contribution in [2.24, 2.45) is 7.05 Å². The Hall–Kier alpha value is -0.920. The van der Waals surface area contributed by atoms with Crippen molar-refractivity contribution in [3.05, 3.63) is 12.3 Å². The van der Waals surface area contributed by atoms with Gasteiger partial charge in [0.15, 0.2) is 5.03 Å². The number of β-amino-alcohol motifs (C(OH)–C–C–N with tert-alkyl or cyclic N) is 1. The second kappa shape index (κ2) is 3.58. The minimum atomic E-state index is -3.49. The zero-order valence-corrected chi connectivity index (χ0v) is 9.18. The third-order valence-electron chi connectivity index (χ3n) is 2.51. The molecule has 0 radical (unpaired) electrons. The number of sulfonamides is 1. The molecule has 2 heterocycles. The number of aryl methyl sites for hydroxylation is 1. The highest BCUT2D eigenvalue weighted by Crippen LogP contribution is 2.19. The summed E-state index contributed by atoms with van der Waals surface area (Å²) in [5, 5.41) is 13.3. The highest BCUT2D eigenvalue weighted by Gasteiger charge is 2.33. The van der Waals surface area contributed by atoms with Crippen molar-refractivity contribution in [1.29, 1.82) is 0 Å². The van der Waals surface area contributed by atoms with E-state index in [1.165, 1.54) is 21.3 Å². The summed E-state index contributed by atoms with van der Waals surface area (Å²) in [5.74, 6) is 0. The maximum Gasteiger partial charge on any atom is 0.260 e. The lowest BCUT2D eigenvalue weighted by atomic mass is 10.3. The van der Waals surface area contributed by atoms with Gasteiger partial charge in [-0.2, -0.15) is 9.40 Å². The number of nitrogens with zero attached hydrogens (tertiary/aromatic N) is 3. The Morgan fingerprint density at radius 3 is 2.80 bits per heavy atom. The number of aliphatic hydroxyl groups excluding tert-OH is 1. The fraction of sp³-hybridized carbons (Fsp3) is 0.625. The van der Waals surface area contributed by atoms with Gasteiger partial charge < -0.3 is 5.11 Å². The number of aliphatic hydroxyl groups is 1. The number of rotatable bonds is 2. The molecular formula is C8H13N3O3S. The molecule has 1 N–H and O–H groups in total. The second-order valence-corrected chi connectivity index (χ2v) is 5.48. The molecular weight excluding hydrogens is 218 g/mol. The van der Waals surface area contributed by atoms with Gasteiger partial charge in [0.1, 0.15) is 0 Å². The quantitative estimate of drug-likeness (QED) is 0.721. The van der Waals surface area contributed by atoms with Gasteiger partial charge in [-0.15, -0.1) is 0 Å². The Kier molecular flexibility index (Phi) is 2.53. The van der Waals surface area contributed by atoms with Crippen LogP contribution in [0.25, 0.3) is 0 Å². The van der Waals surface area contributed by atoms with Crippen LogP contribution < -0.4 is 0 Å². The largest absolute Gasteiger partial charge is 0.392 e. The molecule has 1 unspecified atom stereocenters. The van der Waals surface area contributed by atoms with E-state index < -0.39 is 16.1 Å². The summed E-state index contributed by atoms with van der Waals surface area (Å²) in [6.45, 7) is 0.544. The van der Waals surface area contributed by atoms with Crippen LogP contribution in [0.3, 0.4) is 0 Å². The molecule has 0 aliphatic carbocycles. The molecule has 1 aromatic rings. The first-order valence-electron chi connectivity index (χ1n) is 4.68. The zero-order chi connectivity index (χ0) is 11.1. The maximum atomic E-state index is 12.0. The van der Waals surface area contributed by atoms with Crippen LogP contribution in [0.5, 0.6) is 0 Å². The van der Waals surface area contributed by atoms with Gasteiger partial charge in [0.2, 0.25) is 0 Å². The van der Waals surface area contributed by atoms with Crippen molar-refractivity contribution in [2.45, 2.75) is 17.6 Å². The summed E-state index contributed by atoms with van der Waals surface area (Å²) in [4.78, 5) is 0. The monoisotopic (exact) mass is 231 g/mol. The summed E-state index contributed by atoms with van der Waals surface area (Å²) >= 11 is 0. The van der Waals surface area contributed by atoms with E-state index in [4.69, 9.17) is 0 Å². The molecule has 1 atom stereocenters. The van der Waals surface area contributed by atoms with Crippen LogP contribution in [0.15, 0.2) is 17.3 Å². The Bertz CT molecular complexity index is 453. The van der Waals surface area contributed by atoms with E-state index in [-0.39, 0.29) is 11.6 Å². The maximum absolute atomic E-state index is 12.0. The third-order valence-corrected chi connectivity index (χ3v) is 4.45. The molecule has 6 nitrogen and oxygen atoms in total. The SMILES string of the molecule is Cn1nccc1S(=O)(=O)N1CCC(O)C1. The van der Waals surface area contributed by atoms with E-state index >= 15 is 0 Å². The standard InChI is InChI=1S/C8H13N3O3S/c1-10-8(2-4-9-10)15(13,14)11-5-3-7(12)6-11/h2,4,7,12H,3,5-6H2,1H3. The van der Waals surface area contributed by atoms with Crippen LogP contribution in [0.2, 0.25) is 0 Å². The molecule has 7 heteroatoms. The van der Waals surface area contributed by atoms with Crippen LogP contribution >= 0.6 is 0 Å². The van der Waals surface area contributed by atoms with Gasteiger partial charge in [-0.05, 0) is 12.5 Å². The van der Waals surface area contributed by atoms with Crippen molar-refractivity contribution < 1.29 is 13.5 Å². The number of aromatic nitrogens is 2. The Balaban J connectivity index is 2.32. The van der Waals surface area contributed by atoms with Gasteiger partial charge >= 0.3 is 0 Å². The lowest BCUT2D eigenvalue weighted by molar-refractivity contribution is 0.189. The average Bonchev–Trinajstić information content (AvgIpc) is 2.74. The van der Waals surface area contributed by atoms with Crippen molar-refractivity contribution in [3.63, 3.8) is 0 Å². The average molecular weight is 231 g/mol. The van der Waals surface area contributed by atoms with Gasteiger partial charge in [0.05, 0.1) is 12.3 Å². The van der Waals surface area contributed by atoms with Crippen molar-refractivity contribution >= 4 is 10.0 Å². The van der Waals surface area contributed by atoms with Crippen LogP contribution in [0.1, 0.15) is 6.42 Å². The van der Waals surface area contributed by atoms with Crippen LogP contribution in [-0.2, 0) is 17.1 Å². The molecule has 0 amide bonds. The molecule has 0 spiro atoms. The van der Waals surface area contributed by atoms with Crippen LogP contribution in [0.4, 0.5) is 0 Å². The normalized spacial score (nSPS) is 23.5. The molecule has 15 heavy (non-hydrogen) atoms. The summed E-state index contributed by atoms with van der Waals surface area (Å²) in [6, 6.07) is 1.46. The zero-order valence-electron chi connectivity index (χ0n) is 8.37. The second-order valence-electron chi connectivity index (χ2n) is 3.60. The molecule has 0 aromatic carbocycles. The van der Waals surface area contributed by atoms with Gasteiger partial charge in [-0.25, -0.2) is 8.42 Å². The smallest absolute Gasteiger partial charge is 0.260 e. The predicted molar refractivity (Wildman–Crippen MR) is 52.6 cm³/mol. The summed E-state index contributed by atoms with van der Waals surface area (Å²) in [7, 11) is -1.90. The lowest BCUT2D eigenvalue weighted by Gasteiger charge is -2.15. The van der Waals surface area contributed by atoms with Gasteiger partial charge in [-0.3, -0.25) is 4.68 Å². The lowest BCUT2D eigenvalue weighted by Crippen LogP contribution is -2.31. The highest BCUT2D eigenvalue weighted by molar-refractivity contribution is 7.89. The number of hydrogen-bond acceptors (Lipinski definition) is 4. The first-order valence-corrected chi connectivity index (χ1v) is 6.12. The third kappa shape index (κ3) is 1.77. The van der Waals surface area contributed by atoms with Crippen LogP contribution in [0, 0.1) is 0 Å². The molecule has 1 fully saturated rings. The van der Waals surface area contributed by atoms with Gasteiger partial charge in [-0.1, -0.05) is 0 Å². The van der Waals surface area contributed by atoms with Crippen molar-refractivity contribution in [2.75, 3.05) is 13.1 Å². The topological polar surface area (TPSA) is 75.4 Å². The Morgan fingerprint density at radius 2 is 2.33 bits per heavy atom. The fourth-order valence-electron chi connectivity index (χ4n) is 1.68. The minimum absolute atomic E-state index is 0.164. The van der Waals surface area contributed by atoms with E-state index in [2.05, 4.69) is 5.10 Å². The summed E-state index contributed by atoms with van der Waals surface area (Å²) in [5.41, 5.74) is 0. The van der Waals surface area contributed by atoms with E-state index in [0.717, 1.165) is 0 Å². The van der Waals surface area contributed by atoms with Gasteiger partial charge in [0, 0.05) is 20.1 Å². The molecule has 0 saturated carbocycles. The molecule has 1 aliphatic heterocycles. The molecule has 2 rings (SSSR count). The van der Waals surface area contributed by atoms with E-state index in [9.17, 15) is 13.5 Å². The van der Waals surface area contributed by atoms with Crippen LogP contribution in [-0.4, -0.2) is 46.8 Å². The highest BCUT2D eigenvalue weighted by atomic mass is 32.2. The molecule has 1 saturated heterocycles. The van der Waals surface area contributed by atoms with E-state index in [1.807, 2.05) is 0 Å². The van der Waals surface area contributed by atoms with Crippen molar-refractivity contribution in [1.82, 2.24) is 14.1 Å². The first kappa shape index (κ1) is 10.6. The minimum Gasteiger partial charge on any atom is -0.392 e. The summed E-state index contributed by atoms with van der Waals surface area (Å²) < 4.78 is 26.6. The Labute approximate surface area is 88.2 Å². The predicted octanol–water partition coefficient (Wildman–Crippen LogP) is -0.825. The van der Waals surface area contributed by atoms with E-state index in [1.54, 1.807) is 7.05 Å². The molecule has 1 aliphatic rings. The Morgan fingerprint density at radius 1 is 1.60 bits per heavy atom. The first-order chi connectivity index (χ1) is 7.01. The molecule has 1 aromatic heterocycles. The van der Waals surface area contributed by atoms with Crippen molar-refractivity contribution in [3.8, 4) is 0 Å². The molecule has 84 valence electrons. The molecule has 0 bridgehead atoms. The van der Waals surface area contributed by atoms with Gasteiger partial charge in [0.25, 0.3) is 10.0 Å². The van der Waals surface area contributed by atoms with E-state index in [0.29, 0.717) is 13.0 Å². The summed E-state index contributed by atoms with van der Waals surface area (Å²) in [6.07, 6.45) is 1.39.